The van der Waals surface area contributed by atoms with E-state index in [2.05, 4.69) is 34.7 Å². The van der Waals surface area contributed by atoms with Gasteiger partial charge in [0.25, 0.3) is 5.91 Å². The van der Waals surface area contributed by atoms with Gasteiger partial charge in [-0.3, -0.25) is 4.79 Å². The quantitative estimate of drug-likeness (QED) is 0.526. The van der Waals surface area contributed by atoms with Gasteiger partial charge in [0, 0.05) is 6.07 Å². The summed E-state index contributed by atoms with van der Waals surface area (Å²) in [6.45, 7) is 2.23. The number of benzene rings is 3. The number of carbonyl (C=O) groups is 1. The lowest BCUT2D eigenvalue weighted by Crippen LogP contribution is -2.22. The van der Waals surface area contributed by atoms with Crippen molar-refractivity contribution in [3.05, 3.63) is 89.9 Å². The van der Waals surface area contributed by atoms with Crippen molar-refractivity contribution in [1.82, 2.24) is 9.78 Å². The lowest BCUT2D eigenvalue weighted by molar-refractivity contribution is -0.118. The molecule has 6 heteroatoms. The molecule has 29 heavy (non-hydrogen) atoms. The van der Waals surface area contributed by atoms with Crippen molar-refractivity contribution in [2.24, 2.45) is 0 Å². The van der Waals surface area contributed by atoms with Gasteiger partial charge in [-0.05, 0) is 47.5 Å². The highest BCUT2D eigenvalue weighted by Gasteiger charge is 2.12. The third-order valence-electron chi connectivity index (χ3n) is 4.55. The molecule has 1 amide bonds. The van der Waals surface area contributed by atoms with Crippen molar-refractivity contribution in [2.45, 2.75) is 13.5 Å². The third-order valence-corrected chi connectivity index (χ3v) is 4.55. The number of aryl methyl sites for hydroxylation is 1. The Kier molecular flexibility index (Phi) is 5.24. The molecule has 0 fully saturated rings. The minimum absolute atomic E-state index is 0.176. The van der Waals surface area contributed by atoms with Crippen LogP contribution in [-0.4, -0.2) is 22.3 Å². The SMILES string of the molecule is Cc1cc(NC(=O)COc2ccc(F)cc2)n(Cc2cccc3ccccc23)n1. The molecule has 0 aliphatic heterocycles. The first-order valence-corrected chi connectivity index (χ1v) is 9.28. The van der Waals surface area contributed by atoms with Crippen LogP contribution in [0.3, 0.4) is 0 Å². The van der Waals surface area contributed by atoms with E-state index in [-0.39, 0.29) is 18.3 Å². The molecular formula is C23H20FN3O2. The number of hydrogen-bond donors (Lipinski definition) is 1. The minimum atomic E-state index is -0.352. The summed E-state index contributed by atoms with van der Waals surface area (Å²) >= 11 is 0. The normalized spacial score (nSPS) is 10.8. The molecule has 0 atom stereocenters. The van der Waals surface area contributed by atoms with Crippen LogP contribution in [-0.2, 0) is 11.3 Å². The average Bonchev–Trinajstić information content (AvgIpc) is 3.06. The monoisotopic (exact) mass is 389 g/mol. The summed E-state index contributed by atoms with van der Waals surface area (Å²) in [6.07, 6.45) is 0. The molecule has 4 aromatic rings. The molecule has 3 aromatic carbocycles. The Morgan fingerprint density at radius 1 is 1.07 bits per heavy atom. The highest BCUT2D eigenvalue weighted by atomic mass is 19.1. The van der Waals surface area contributed by atoms with E-state index in [0.717, 1.165) is 22.0 Å². The maximum Gasteiger partial charge on any atom is 0.263 e. The fraction of sp³-hybridized carbons (Fsp3) is 0.130. The van der Waals surface area contributed by atoms with Gasteiger partial charge in [0.05, 0.1) is 12.2 Å². The zero-order valence-corrected chi connectivity index (χ0v) is 15.9. The maximum atomic E-state index is 13.0. The van der Waals surface area contributed by atoms with Crippen LogP contribution >= 0.6 is 0 Å². The van der Waals surface area contributed by atoms with Gasteiger partial charge in [0.2, 0.25) is 0 Å². The van der Waals surface area contributed by atoms with Crippen molar-refractivity contribution >= 4 is 22.5 Å². The first-order chi connectivity index (χ1) is 14.1. The highest BCUT2D eigenvalue weighted by molar-refractivity contribution is 5.91. The molecule has 1 N–H and O–H groups in total. The summed E-state index contributed by atoms with van der Waals surface area (Å²) < 4.78 is 20.1. The van der Waals surface area contributed by atoms with Gasteiger partial charge in [0.1, 0.15) is 17.4 Å². The van der Waals surface area contributed by atoms with Gasteiger partial charge >= 0.3 is 0 Å². The fourth-order valence-corrected chi connectivity index (χ4v) is 3.22. The molecule has 146 valence electrons. The zero-order chi connectivity index (χ0) is 20.2. The van der Waals surface area contributed by atoms with Crippen LogP contribution in [0.4, 0.5) is 10.2 Å². The van der Waals surface area contributed by atoms with E-state index < -0.39 is 0 Å². The Bertz CT molecular complexity index is 1150. The van der Waals surface area contributed by atoms with Gasteiger partial charge < -0.3 is 10.1 Å². The van der Waals surface area contributed by atoms with E-state index >= 15 is 0 Å². The summed E-state index contributed by atoms with van der Waals surface area (Å²) in [5.74, 6) is 0.369. The van der Waals surface area contributed by atoms with E-state index in [1.165, 1.54) is 24.3 Å². The molecule has 0 unspecified atom stereocenters. The Morgan fingerprint density at radius 2 is 1.83 bits per heavy atom. The van der Waals surface area contributed by atoms with Crippen molar-refractivity contribution in [2.75, 3.05) is 11.9 Å². The molecule has 0 aliphatic carbocycles. The molecule has 5 nitrogen and oxygen atoms in total. The lowest BCUT2D eigenvalue weighted by Gasteiger charge is -2.11. The smallest absolute Gasteiger partial charge is 0.263 e. The number of fused-ring (bicyclic) bond motifs is 1. The van der Waals surface area contributed by atoms with Crippen molar-refractivity contribution in [1.29, 1.82) is 0 Å². The Balaban J connectivity index is 1.48. The Hall–Kier alpha value is -3.67. The first-order valence-electron chi connectivity index (χ1n) is 9.28. The highest BCUT2D eigenvalue weighted by Crippen LogP contribution is 2.21. The number of nitrogens with zero attached hydrogens (tertiary/aromatic N) is 2. The maximum absolute atomic E-state index is 13.0. The average molecular weight is 389 g/mol. The summed E-state index contributed by atoms with van der Waals surface area (Å²) in [5, 5.41) is 9.67. The number of carbonyl (C=O) groups excluding carboxylic acids is 1. The van der Waals surface area contributed by atoms with Crippen LogP contribution in [0.25, 0.3) is 10.8 Å². The number of anilines is 1. The molecule has 1 heterocycles. The topological polar surface area (TPSA) is 56.1 Å². The molecular weight excluding hydrogens is 369 g/mol. The van der Waals surface area contributed by atoms with E-state index in [1.54, 1.807) is 4.68 Å². The van der Waals surface area contributed by atoms with Crippen LogP contribution in [0.15, 0.2) is 72.8 Å². The van der Waals surface area contributed by atoms with Crippen LogP contribution < -0.4 is 10.1 Å². The summed E-state index contributed by atoms with van der Waals surface area (Å²) in [5.41, 5.74) is 1.92. The molecule has 1 aromatic heterocycles. The van der Waals surface area contributed by atoms with E-state index in [1.807, 2.05) is 31.2 Å². The van der Waals surface area contributed by atoms with E-state index in [4.69, 9.17) is 4.74 Å². The number of aromatic nitrogens is 2. The number of ether oxygens (including phenoxy) is 1. The summed E-state index contributed by atoms with van der Waals surface area (Å²) in [7, 11) is 0. The number of halogens is 1. The molecule has 0 spiro atoms. The first kappa shape index (κ1) is 18.7. The van der Waals surface area contributed by atoms with Crippen LogP contribution in [0.1, 0.15) is 11.3 Å². The molecule has 0 aliphatic rings. The van der Waals surface area contributed by atoms with Gasteiger partial charge in [-0.15, -0.1) is 0 Å². The number of rotatable bonds is 6. The van der Waals surface area contributed by atoms with Gasteiger partial charge in [-0.25, -0.2) is 9.07 Å². The molecule has 4 rings (SSSR count). The lowest BCUT2D eigenvalue weighted by atomic mass is 10.0. The largest absolute Gasteiger partial charge is 0.484 e. The predicted octanol–water partition coefficient (Wildman–Crippen LogP) is 4.55. The van der Waals surface area contributed by atoms with Crippen molar-refractivity contribution in [3.8, 4) is 5.75 Å². The predicted molar refractivity (Wildman–Crippen MR) is 111 cm³/mol. The fourth-order valence-electron chi connectivity index (χ4n) is 3.22. The molecule has 0 saturated carbocycles. The number of amides is 1. The van der Waals surface area contributed by atoms with Crippen LogP contribution in [0.2, 0.25) is 0 Å². The summed E-state index contributed by atoms with van der Waals surface area (Å²) in [4.78, 5) is 12.3. The van der Waals surface area contributed by atoms with Gasteiger partial charge in [-0.1, -0.05) is 42.5 Å². The second-order valence-corrected chi connectivity index (χ2v) is 6.76. The van der Waals surface area contributed by atoms with E-state index in [9.17, 15) is 9.18 Å². The number of hydrogen-bond acceptors (Lipinski definition) is 3. The zero-order valence-electron chi connectivity index (χ0n) is 15.9. The third kappa shape index (κ3) is 4.43. The standard InChI is InChI=1S/C23H20FN3O2/c1-16-13-22(25-23(28)15-29-20-11-9-19(24)10-12-20)27(26-16)14-18-7-4-6-17-5-2-3-8-21(17)18/h2-13H,14-15H2,1H3,(H,25,28). The van der Waals surface area contributed by atoms with Crippen molar-refractivity contribution < 1.29 is 13.9 Å². The molecule has 0 saturated heterocycles. The van der Waals surface area contributed by atoms with Crippen LogP contribution in [0.5, 0.6) is 5.75 Å². The Labute approximate surface area is 167 Å². The van der Waals surface area contributed by atoms with Gasteiger partial charge in [0.15, 0.2) is 6.61 Å². The van der Waals surface area contributed by atoms with Crippen molar-refractivity contribution in [3.63, 3.8) is 0 Å². The Morgan fingerprint density at radius 3 is 2.66 bits per heavy atom. The van der Waals surface area contributed by atoms with Gasteiger partial charge in [-0.2, -0.15) is 5.10 Å². The minimum Gasteiger partial charge on any atom is -0.484 e. The number of nitrogens with one attached hydrogen (secondary N) is 1. The summed E-state index contributed by atoms with van der Waals surface area (Å²) in [6, 6.07) is 21.7. The second kappa shape index (κ2) is 8.14. The molecule has 0 radical (unpaired) electrons. The molecule has 0 bridgehead atoms. The van der Waals surface area contributed by atoms with Crippen LogP contribution in [0, 0.1) is 12.7 Å². The second-order valence-electron chi connectivity index (χ2n) is 6.76. The van der Waals surface area contributed by atoms with E-state index in [0.29, 0.717) is 18.1 Å².